The van der Waals surface area contributed by atoms with Gasteiger partial charge in [-0.1, -0.05) is 18.2 Å². The fraction of sp³-hybridized carbons (Fsp3) is 0.0952. The lowest BCUT2D eigenvalue weighted by Gasteiger charge is -2.14. The summed E-state index contributed by atoms with van der Waals surface area (Å²) >= 11 is 0. The van der Waals surface area contributed by atoms with Crippen LogP contribution in [0.4, 0.5) is 10.1 Å². The second kappa shape index (κ2) is 6.64. The van der Waals surface area contributed by atoms with Crippen molar-refractivity contribution in [1.82, 2.24) is 4.98 Å². The number of nitrogens with zero attached hydrogens (tertiary/aromatic N) is 2. The summed E-state index contributed by atoms with van der Waals surface area (Å²) in [5, 5.41) is 11.2. The standard InChI is InChI=1S/C21H15FN2O3/c1-13(14-4-2-5-16(10-14)24(25)26)21-17-6-3-9-23-19(17)12-27-20-11-15(22)7-8-18(20)21/h2-11H,12H2,1H3/b21-13-. The number of aromatic nitrogens is 1. The van der Waals surface area contributed by atoms with Crippen molar-refractivity contribution in [2.45, 2.75) is 13.5 Å². The maximum absolute atomic E-state index is 13.8. The number of non-ortho nitro benzene ring substituents is 1. The summed E-state index contributed by atoms with van der Waals surface area (Å²) in [6.45, 7) is 2.11. The van der Waals surface area contributed by atoms with Crippen LogP contribution in [0.15, 0.2) is 60.8 Å². The van der Waals surface area contributed by atoms with Gasteiger partial charge in [0.1, 0.15) is 18.2 Å². The third-order valence-corrected chi connectivity index (χ3v) is 4.60. The molecule has 0 spiro atoms. The van der Waals surface area contributed by atoms with Gasteiger partial charge >= 0.3 is 0 Å². The van der Waals surface area contributed by atoms with Crippen LogP contribution in [-0.2, 0) is 6.61 Å². The number of pyridine rings is 1. The van der Waals surface area contributed by atoms with Crippen molar-refractivity contribution in [2.24, 2.45) is 0 Å². The molecule has 27 heavy (non-hydrogen) atoms. The van der Waals surface area contributed by atoms with Gasteiger partial charge in [-0.2, -0.15) is 0 Å². The van der Waals surface area contributed by atoms with E-state index >= 15 is 0 Å². The summed E-state index contributed by atoms with van der Waals surface area (Å²) in [5.74, 6) is 0.0350. The number of nitro groups is 1. The number of hydrogen-bond donors (Lipinski definition) is 0. The maximum Gasteiger partial charge on any atom is 0.270 e. The van der Waals surface area contributed by atoms with Crippen LogP contribution in [0.5, 0.6) is 5.75 Å². The summed E-state index contributed by atoms with van der Waals surface area (Å²) in [7, 11) is 0. The zero-order valence-corrected chi connectivity index (χ0v) is 14.5. The Morgan fingerprint density at radius 2 is 2.00 bits per heavy atom. The molecule has 0 saturated heterocycles. The molecule has 4 rings (SSSR count). The summed E-state index contributed by atoms with van der Waals surface area (Å²) in [6, 6.07) is 14.6. The van der Waals surface area contributed by atoms with Crippen LogP contribution < -0.4 is 4.74 Å². The van der Waals surface area contributed by atoms with E-state index in [1.165, 1.54) is 24.3 Å². The number of hydrogen-bond acceptors (Lipinski definition) is 4. The Morgan fingerprint density at radius 1 is 1.15 bits per heavy atom. The van der Waals surface area contributed by atoms with Crippen LogP contribution in [0.3, 0.4) is 0 Å². The molecule has 1 aromatic heterocycles. The van der Waals surface area contributed by atoms with E-state index in [2.05, 4.69) is 4.98 Å². The number of allylic oxidation sites excluding steroid dienone is 1. The first-order valence-corrected chi connectivity index (χ1v) is 8.37. The first kappa shape index (κ1) is 16.9. The quantitative estimate of drug-likeness (QED) is 0.475. The van der Waals surface area contributed by atoms with Crippen molar-refractivity contribution < 1.29 is 14.1 Å². The highest BCUT2D eigenvalue weighted by atomic mass is 19.1. The molecular weight excluding hydrogens is 347 g/mol. The molecule has 134 valence electrons. The Kier molecular flexibility index (Phi) is 4.16. The van der Waals surface area contributed by atoms with Gasteiger partial charge < -0.3 is 4.74 Å². The first-order chi connectivity index (χ1) is 13.0. The summed E-state index contributed by atoms with van der Waals surface area (Å²) in [5.41, 5.74) is 4.71. The molecular formula is C21H15FN2O3. The van der Waals surface area contributed by atoms with Crippen LogP contribution in [0.2, 0.25) is 0 Å². The van der Waals surface area contributed by atoms with Crippen LogP contribution in [-0.4, -0.2) is 9.91 Å². The first-order valence-electron chi connectivity index (χ1n) is 8.37. The molecule has 0 unspecified atom stereocenters. The Hall–Kier alpha value is -3.54. The fourth-order valence-corrected chi connectivity index (χ4v) is 3.30. The van der Waals surface area contributed by atoms with Crippen molar-refractivity contribution in [3.63, 3.8) is 0 Å². The summed E-state index contributed by atoms with van der Waals surface area (Å²) < 4.78 is 19.6. The number of benzene rings is 2. The molecule has 2 aromatic carbocycles. The molecule has 0 aliphatic carbocycles. The van der Waals surface area contributed by atoms with E-state index in [9.17, 15) is 14.5 Å². The molecule has 0 fully saturated rings. The number of fused-ring (bicyclic) bond motifs is 2. The molecule has 3 aromatic rings. The van der Waals surface area contributed by atoms with Crippen molar-refractivity contribution in [3.05, 3.63) is 99.1 Å². The zero-order chi connectivity index (χ0) is 19.0. The molecule has 0 saturated carbocycles. The Labute approximate surface area is 154 Å². The predicted octanol–water partition coefficient (Wildman–Crippen LogP) is 5.00. The SMILES string of the molecule is C/C(=C1/c2ccc(F)cc2OCc2ncccc21)c1cccc([N+](=O)[O-])c1. The fourth-order valence-electron chi connectivity index (χ4n) is 3.30. The molecule has 0 atom stereocenters. The highest BCUT2D eigenvalue weighted by molar-refractivity contribution is 6.00. The Balaban J connectivity index is 2.02. The van der Waals surface area contributed by atoms with Gasteiger partial charge in [-0.25, -0.2) is 4.39 Å². The number of rotatable bonds is 2. The smallest absolute Gasteiger partial charge is 0.270 e. The van der Waals surface area contributed by atoms with Gasteiger partial charge in [0.25, 0.3) is 5.69 Å². The van der Waals surface area contributed by atoms with E-state index in [1.54, 1.807) is 18.3 Å². The highest BCUT2D eigenvalue weighted by Crippen LogP contribution is 2.41. The van der Waals surface area contributed by atoms with E-state index in [4.69, 9.17) is 4.74 Å². The average Bonchev–Trinajstić information content (AvgIpc) is 2.84. The maximum atomic E-state index is 13.8. The molecule has 5 nitrogen and oxygen atoms in total. The normalized spacial score (nSPS) is 14.4. The van der Waals surface area contributed by atoms with E-state index < -0.39 is 4.92 Å². The zero-order valence-electron chi connectivity index (χ0n) is 14.5. The van der Waals surface area contributed by atoms with E-state index in [0.717, 1.165) is 28.0 Å². The van der Waals surface area contributed by atoms with Crippen molar-refractivity contribution >= 4 is 16.8 Å². The largest absolute Gasteiger partial charge is 0.487 e. The Morgan fingerprint density at radius 3 is 2.81 bits per heavy atom. The average molecular weight is 362 g/mol. The highest BCUT2D eigenvalue weighted by Gasteiger charge is 2.23. The second-order valence-electron chi connectivity index (χ2n) is 6.23. The lowest BCUT2D eigenvalue weighted by Crippen LogP contribution is -1.99. The monoisotopic (exact) mass is 362 g/mol. The van der Waals surface area contributed by atoms with Gasteiger partial charge in [-0.3, -0.25) is 15.1 Å². The van der Waals surface area contributed by atoms with Crippen LogP contribution >= 0.6 is 0 Å². The minimum absolute atomic E-state index is 0.0167. The molecule has 6 heteroatoms. The number of halogens is 1. The summed E-state index contributed by atoms with van der Waals surface area (Å²) in [6.07, 6.45) is 1.68. The van der Waals surface area contributed by atoms with Crippen molar-refractivity contribution in [2.75, 3.05) is 0 Å². The lowest BCUT2D eigenvalue weighted by atomic mass is 9.89. The molecule has 0 amide bonds. The van der Waals surface area contributed by atoms with E-state index in [0.29, 0.717) is 11.3 Å². The van der Waals surface area contributed by atoms with Crippen LogP contribution in [0.1, 0.15) is 29.3 Å². The van der Waals surface area contributed by atoms with Crippen molar-refractivity contribution in [1.29, 1.82) is 0 Å². The summed E-state index contributed by atoms with van der Waals surface area (Å²) in [4.78, 5) is 15.1. The van der Waals surface area contributed by atoms with E-state index in [-0.39, 0.29) is 18.1 Å². The van der Waals surface area contributed by atoms with Crippen molar-refractivity contribution in [3.8, 4) is 5.75 Å². The number of nitro benzene ring substituents is 1. The number of ether oxygens (including phenoxy) is 1. The molecule has 1 aliphatic rings. The van der Waals surface area contributed by atoms with Gasteiger partial charge in [-0.15, -0.1) is 0 Å². The second-order valence-corrected chi connectivity index (χ2v) is 6.23. The van der Waals surface area contributed by atoms with E-state index in [1.807, 2.05) is 25.1 Å². The lowest BCUT2D eigenvalue weighted by molar-refractivity contribution is -0.384. The van der Waals surface area contributed by atoms with Gasteiger partial charge in [-0.05, 0) is 41.8 Å². The van der Waals surface area contributed by atoms with Crippen LogP contribution in [0, 0.1) is 15.9 Å². The van der Waals surface area contributed by atoms with Gasteiger partial charge in [0.15, 0.2) is 0 Å². The molecule has 1 aliphatic heterocycles. The van der Waals surface area contributed by atoms with Crippen LogP contribution in [0.25, 0.3) is 11.1 Å². The minimum Gasteiger partial charge on any atom is -0.487 e. The minimum atomic E-state index is -0.420. The predicted molar refractivity (Wildman–Crippen MR) is 99.7 cm³/mol. The molecule has 0 radical (unpaired) electrons. The molecule has 0 bridgehead atoms. The third kappa shape index (κ3) is 3.06. The molecule has 2 heterocycles. The molecule has 0 N–H and O–H groups in total. The Bertz CT molecular complexity index is 1090. The van der Waals surface area contributed by atoms with Gasteiger partial charge in [0.05, 0.1) is 10.6 Å². The van der Waals surface area contributed by atoms with Gasteiger partial charge in [0.2, 0.25) is 0 Å². The third-order valence-electron chi connectivity index (χ3n) is 4.60. The topological polar surface area (TPSA) is 65.3 Å². The van der Waals surface area contributed by atoms with Gasteiger partial charge in [0, 0.05) is 35.5 Å².